The third-order valence-corrected chi connectivity index (χ3v) is 5.54. The van der Waals surface area contributed by atoms with E-state index in [9.17, 15) is 9.59 Å². The van der Waals surface area contributed by atoms with Crippen LogP contribution in [0.4, 0.5) is 0 Å². The van der Waals surface area contributed by atoms with Crippen LogP contribution in [0.25, 0.3) is 5.69 Å². The summed E-state index contributed by atoms with van der Waals surface area (Å²) in [5.41, 5.74) is 7.52. The van der Waals surface area contributed by atoms with Crippen LogP contribution >= 0.6 is 34.8 Å². The number of hydrogen-bond donors (Lipinski definition) is 2. The van der Waals surface area contributed by atoms with Crippen LogP contribution < -0.4 is 10.9 Å². The Balaban J connectivity index is 1.48. The van der Waals surface area contributed by atoms with Gasteiger partial charge in [-0.2, -0.15) is 5.10 Å². The minimum Gasteiger partial charge on any atom is -0.273 e. The van der Waals surface area contributed by atoms with E-state index in [1.165, 1.54) is 6.20 Å². The number of aromatic nitrogens is 2. The van der Waals surface area contributed by atoms with Crippen LogP contribution in [-0.4, -0.2) is 21.6 Å². The monoisotopic (exact) mass is 462 g/mol. The van der Waals surface area contributed by atoms with Gasteiger partial charge in [0, 0.05) is 16.0 Å². The molecule has 4 rings (SSSR count). The molecule has 1 aliphatic carbocycles. The molecular weight excluding hydrogens is 447 g/mol. The standard InChI is InChI=1S/C21H17Cl3N4O2/c22-14-5-1-12(2-6-14)9-19(29)26-27-21(30)16-11-25-28(20(16)13-3-4-13)18-8-7-15(23)10-17(18)24/h1-2,5-8,10-11,13H,3-4,9H2,(H,26,29)(H,27,30). The Kier molecular flexibility index (Phi) is 5.99. The fourth-order valence-corrected chi connectivity index (χ4v) is 3.77. The van der Waals surface area contributed by atoms with Crippen molar-refractivity contribution in [2.75, 3.05) is 0 Å². The average molecular weight is 464 g/mol. The molecule has 0 atom stereocenters. The second-order valence-corrected chi connectivity index (χ2v) is 8.31. The Hall–Kier alpha value is -2.54. The summed E-state index contributed by atoms with van der Waals surface area (Å²) in [6.07, 6.45) is 3.52. The van der Waals surface area contributed by atoms with Gasteiger partial charge in [0.25, 0.3) is 5.91 Å². The molecule has 2 amide bonds. The fraction of sp³-hybridized carbons (Fsp3) is 0.190. The second-order valence-electron chi connectivity index (χ2n) is 7.03. The molecule has 0 spiro atoms. The zero-order valence-corrected chi connectivity index (χ0v) is 17.9. The van der Waals surface area contributed by atoms with E-state index in [2.05, 4.69) is 16.0 Å². The molecule has 0 bridgehead atoms. The molecule has 30 heavy (non-hydrogen) atoms. The van der Waals surface area contributed by atoms with Crippen LogP contribution in [0.15, 0.2) is 48.7 Å². The van der Waals surface area contributed by atoms with E-state index in [4.69, 9.17) is 34.8 Å². The smallest absolute Gasteiger partial charge is 0.273 e. The van der Waals surface area contributed by atoms with E-state index in [1.54, 1.807) is 47.1 Å². The van der Waals surface area contributed by atoms with E-state index in [1.807, 2.05) is 0 Å². The molecule has 0 aliphatic heterocycles. The molecule has 2 N–H and O–H groups in total. The molecular formula is C21H17Cl3N4O2. The zero-order chi connectivity index (χ0) is 21.3. The van der Waals surface area contributed by atoms with Crippen molar-refractivity contribution in [2.45, 2.75) is 25.2 Å². The highest BCUT2D eigenvalue weighted by molar-refractivity contribution is 6.35. The van der Waals surface area contributed by atoms with Crippen LogP contribution in [0, 0.1) is 0 Å². The summed E-state index contributed by atoms with van der Waals surface area (Å²) in [7, 11) is 0. The lowest BCUT2D eigenvalue weighted by molar-refractivity contribution is -0.121. The maximum atomic E-state index is 12.7. The van der Waals surface area contributed by atoms with Crippen LogP contribution in [0.3, 0.4) is 0 Å². The largest absolute Gasteiger partial charge is 0.273 e. The number of rotatable bonds is 5. The molecule has 2 aromatic carbocycles. The Morgan fingerprint density at radius 2 is 1.70 bits per heavy atom. The number of hydrogen-bond acceptors (Lipinski definition) is 3. The van der Waals surface area contributed by atoms with Gasteiger partial charge in [0.2, 0.25) is 5.91 Å². The van der Waals surface area contributed by atoms with Crippen molar-refractivity contribution in [1.29, 1.82) is 0 Å². The number of amides is 2. The van der Waals surface area contributed by atoms with Gasteiger partial charge in [-0.15, -0.1) is 0 Å². The molecule has 1 saturated carbocycles. The van der Waals surface area contributed by atoms with Gasteiger partial charge in [-0.05, 0) is 48.7 Å². The molecule has 154 valence electrons. The lowest BCUT2D eigenvalue weighted by Crippen LogP contribution is -2.42. The van der Waals surface area contributed by atoms with Crippen molar-refractivity contribution in [2.24, 2.45) is 0 Å². The molecule has 1 aromatic heterocycles. The summed E-state index contributed by atoms with van der Waals surface area (Å²) < 4.78 is 1.67. The summed E-state index contributed by atoms with van der Waals surface area (Å²) in [4.78, 5) is 24.9. The summed E-state index contributed by atoms with van der Waals surface area (Å²) in [6, 6.07) is 12.1. The lowest BCUT2D eigenvalue weighted by atomic mass is 10.1. The second kappa shape index (κ2) is 8.68. The van der Waals surface area contributed by atoms with Crippen LogP contribution in [0.1, 0.15) is 40.4 Å². The lowest BCUT2D eigenvalue weighted by Gasteiger charge is -2.11. The first-order chi connectivity index (χ1) is 14.4. The van der Waals surface area contributed by atoms with Crippen LogP contribution in [-0.2, 0) is 11.2 Å². The van der Waals surface area contributed by atoms with Crippen molar-refractivity contribution in [1.82, 2.24) is 20.6 Å². The third-order valence-electron chi connectivity index (χ3n) is 4.75. The normalized spacial score (nSPS) is 13.2. The van der Waals surface area contributed by atoms with Gasteiger partial charge in [0.1, 0.15) is 0 Å². The van der Waals surface area contributed by atoms with Crippen LogP contribution in [0.5, 0.6) is 0 Å². The third kappa shape index (κ3) is 4.61. The van der Waals surface area contributed by atoms with Crippen molar-refractivity contribution in [3.8, 4) is 5.69 Å². The summed E-state index contributed by atoms with van der Waals surface area (Å²) in [5.74, 6) is -0.561. The Labute approximate surface area is 188 Å². The molecule has 0 radical (unpaired) electrons. The van der Waals surface area contributed by atoms with Gasteiger partial charge in [0.15, 0.2) is 0 Å². The molecule has 6 nitrogen and oxygen atoms in total. The Morgan fingerprint density at radius 3 is 2.37 bits per heavy atom. The quantitative estimate of drug-likeness (QED) is 0.538. The molecule has 9 heteroatoms. The highest BCUT2D eigenvalue weighted by Crippen LogP contribution is 2.43. The first-order valence-corrected chi connectivity index (χ1v) is 10.4. The summed E-state index contributed by atoms with van der Waals surface area (Å²) >= 11 is 18.2. The topological polar surface area (TPSA) is 76.0 Å². The molecule has 0 saturated heterocycles. The maximum absolute atomic E-state index is 12.7. The minimum atomic E-state index is -0.433. The Morgan fingerprint density at radius 1 is 1.00 bits per heavy atom. The molecule has 1 fully saturated rings. The average Bonchev–Trinajstić information content (AvgIpc) is 3.46. The number of carbonyl (C=O) groups excluding carboxylic acids is 2. The fourth-order valence-electron chi connectivity index (χ4n) is 3.15. The first-order valence-electron chi connectivity index (χ1n) is 9.29. The number of halogens is 3. The van der Waals surface area contributed by atoms with E-state index < -0.39 is 5.91 Å². The van der Waals surface area contributed by atoms with E-state index in [0.717, 1.165) is 24.1 Å². The predicted molar refractivity (Wildman–Crippen MR) is 116 cm³/mol. The number of benzene rings is 2. The van der Waals surface area contributed by atoms with Crippen molar-refractivity contribution >= 4 is 46.6 Å². The van der Waals surface area contributed by atoms with Gasteiger partial charge in [0.05, 0.1) is 34.6 Å². The highest BCUT2D eigenvalue weighted by atomic mass is 35.5. The molecule has 1 heterocycles. The van der Waals surface area contributed by atoms with Crippen molar-refractivity contribution in [3.05, 3.63) is 80.6 Å². The first kappa shape index (κ1) is 20.7. The minimum absolute atomic E-state index is 0.118. The van der Waals surface area contributed by atoms with E-state index in [-0.39, 0.29) is 18.2 Å². The number of hydrazine groups is 1. The van der Waals surface area contributed by atoms with E-state index in [0.29, 0.717) is 26.3 Å². The zero-order valence-electron chi connectivity index (χ0n) is 15.7. The maximum Gasteiger partial charge on any atom is 0.273 e. The number of nitrogens with one attached hydrogen (secondary N) is 2. The Bertz CT molecular complexity index is 1110. The van der Waals surface area contributed by atoms with E-state index >= 15 is 0 Å². The number of nitrogens with zero attached hydrogens (tertiary/aromatic N) is 2. The van der Waals surface area contributed by atoms with Gasteiger partial charge < -0.3 is 0 Å². The molecule has 3 aromatic rings. The number of carbonyl (C=O) groups is 2. The van der Waals surface area contributed by atoms with Crippen LogP contribution in [0.2, 0.25) is 15.1 Å². The van der Waals surface area contributed by atoms with Gasteiger partial charge in [-0.3, -0.25) is 20.4 Å². The predicted octanol–water partition coefficient (Wildman–Crippen LogP) is 4.71. The molecule has 0 unspecified atom stereocenters. The van der Waals surface area contributed by atoms with Gasteiger partial charge in [-0.25, -0.2) is 4.68 Å². The van der Waals surface area contributed by atoms with Crippen molar-refractivity contribution in [3.63, 3.8) is 0 Å². The highest BCUT2D eigenvalue weighted by Gasteiger charge is 2.33. The summed E-state index contributed by atoms with van der Waals surface area (Å²) in [5, 5.41) is 5.92. The SMILES string of the molecule is O=C(Cc1ccc(Cl)cc1)NNC(=O)c1cnn(-c2ccc(Cl)cc2Cl)c1C1CC1. The van der Waals surface area contributed by atoms with Crippen molar-refractivity contribution < 1.29 is 9.59 Å². The molecule has 1 aliphatic rings. The van der Waals surface area contributed by atoms with Gasteiger partial charge in [-0.1, -0.05) is 46.9 Å². The summed E-state index contributed by atoms with van der Waals surface area (Å²) in [6.45, 7) is 0. The van der Waals surface area contributed by atoms with Gasteiger partial charge >= 0.3 is 0 Å².